The number of hydrogen-bond acceptors (Lipinski definition) is 1. The van der Waals surface area contributed by atoms with E-state index in [-0.39, 0.29) is 18.3 Å². The maximum atomic E-state index is 14.3. The third-order valence-electron chi connectivity index (χ3n) is 4.85. The molecule has 0 amide bonds. The number of benzene rings is 1. The minimum absolute atomic E-state index is 0.00694. The topological polar surface area (TPSA) is 9.23 Å². The summed E-state index contributed by atoms with van der Waals surface area (Å²) in [6, 6.07) is 3.22. The Kier molecular flexibility index (Phi) is 7.67. The largest absolute Gasteiger partial charge is 0.491 e. The summed E-state index contributed by atoms with van der Waals surface area (Å²) in [5.74, 6) is -0.902. The van der Waals surface area contributed by atoms with E-state index in [2.05, 4.69) is 0 Å². The van der Waals surface area contributed by atoms with Crippen molar-refractivity contribution in [2.45, 2.75) is 57.8 Å². The molecule has 1 aromatic rings. The molecular formula is C20H27F3O. The highest BCUT2D eigenvalue weighted by molar-refractivity contribution is 5.33. The van der Waals surface area contributed by atoms with E-state index in [1.54, 1.807) is 19.1 Å². The first-order chi connectivity index (χ1) is 11.7. The molecule has 4 heteroatoms. The van der Waals surface area contributed by atoms with Gasteiger partial charge in [-0.15, -0.1) is 0 Å². The van der Waals surface area contributed by atoms with Crippen molar-refractivity contribution >= 4 is 0 Å². The van der Waals surface area contributed by atoms with Crippen LogP contribution in [0.3, 0.4) is 0 Å². The first-order valence-corrected chi connectivity index (χ1v) is 8.99. The summed E-state index contributed by atoms with van der Waals surface area (Å²) in [7, 11) is 0. The molecule has 1 saturated carbocycles. The Hall–Kier alpha value is -1.45. The summed E-state index contributed by atoms with van der Waals surface area (Å²) in [5, 5.41) is 0. The standard InChI is InChI=1S/C20H27F3O/c1-2-24-18-13-12-17(19(22)20(18)23)16-10-8-15(9-11-16)7-5-3-4-6-14-21/h3-4,12-13,15-16H,2,5-11,14H2,1H3. The number of allylic oxidation sites excluding steroid dienone is 2. The summed E-state index contributed by atoms with van der Waals surface area (Å²) < 4.78 is 45.4. The molecular weight excluding hydrogens is 313 g/mol. The van der Waals surface area contributed by atoms with Crippen LogP contribution < -0.4 is 4.74 Å². The molecule has 0 aromatic heterocycles. The van der Waals surface area contributed by atoms with Crippen LogP contribution in [0, 0.1) is 17.6 Å². The van der Waals surface area contributed by atoms with Crippen LogP contribution in [0.2, 0.25) is 0 Å². The molecule has 1 nitrogen and oxygen atoms in total. The van der Waals surface area contributed by atoms with Crippen LogP contribution in [0.1, 0.15) is 63.4 Å². The molecule has 134 valence electrons. The summed E-state index contributed by atoms with van der Waals surface area (Å²) >= 11 is 0. The second-order valence-electron chi connectivity index (χ2n) is 6.46. The van der Waals surface area contributed by atoms with E-state index in [1.807, 2.05) is 12.2 Å². The minimum Gasteiger partial charge on any atom is -0.491 e. The van der Waals surface area contributed by atoms with Crippen LogP contribution in [0.5, 0.6) is 5.75 Å². The second kappa shape index (κ2) is 9.75. The lowest BCUT2D eigenvalue weighted by molar-refractivity contribution is 0.297. The highest BCUT2D eigenvalue weighted by Crippen LogP contribution is 2.39. The van der Waals surface area contributed by atoms with Gasteiger partial charge in [0.2, 0.25) is 5.82 Å². The first kappa shape index (κ1) is 18.9. The Morgan fingerprint density at radius 2 is 1.75 bits per heavy atom. The van der Waals surface area contributed by atoms with Gasteiger partial charge in [-0.2, -0.15) is 4.39 Å². The monoisotopic (exact) mass is 340 g/mol. The van der Waals surface area contributed by atoms with Crippen LogP contribution in [0.15, 0.2) is 24.3 Å². The van der Waals surface area contributed by atoms with E-state index in [1.165, 1.54) is 0 Å². The summed E-state index contributed by atoms with van der Waals surface area (Å²) in [5.41, 5.74) is 0.484. The second-order valence-corrected chi connectivity index (χ2v) is 6.46. The van der Waals surface area contributed by atoms with Crippen LogP contribution in [0.4, 0.5) is 13.2 Å². The fourth-order valence-electron chi connectivity index (χ4n) is 3.52. The average Bonchev–Trinajstić information content (AvgIpc) is 2.60. The van der Waals surface area contributed by atoms with Crippen molar-refractivity contribution in [3.63, 3.8) is 0 Å². The molecule has 1 aromatic carbocycles. The maximum absolute atomic E-state index is 14.3. The summed E-state index contributed by atoms with van der Waals surface area (Å²) in [6.07, 6.45) is 10.4. The number of ether oxygens (including phenoxy) is 1. The molecule has 0 atom stereocenters. The molecule has 1 fully saturated rings. The maximum Gasteiger partial charge on any atom is 0.200 e. The summed E-state index contributed by atoms with van der Waals surface area (Å²) in [6.45, 7) is 1.77. The lowest BCUT2D eigenvalue weighted by Gasteiger charge is -2.29. The van der Waals surface area contributed by atoms with E-state index < -0.39 is 11.6 Å². The Labute approximate surface area is 142 Å². The van der Waals surface area contributed by atoms with Crippen molar-refractivity contribution in [1.82, 2.24) is 0 Å². The fraction of sp³-hybridized carbons (Fsp3) is 0.600. The molecule has 0 spiro atoms. The normalized spacial score (nSPS) is 21.3. The van der Waals surface area contributed by atoms with Crippen molar-refractivity contribution < 1.29 is 17.9 Å². The average molecular weight is 340 g/mol. The SMILES string of the molecule is CCOc1ccc(C2CCC(CCC=CCCF)CC2)c(F)c1F. The predicted octanol–water partition coefficient (Wildman–Crippen LogP) is 6.33. The van der Waals surface area contributed by atoms with Gasteiger partial charge in [-0.3, -0.25) is 4.39 Å². The Morgan fingerprint density at radius 1 is 1.04 bits per heavy atom. The van der Waals surface area contributed by atoms with Gasteiger partial charge in [-0.05, 0) is 75.3 Å². The van der Waals surface area contributed by atoms with Gasteiger partial charge < -0.3 is 4.74 Å². The first-order valence-electron chi connectivity index (χ1n) is 8.99. The Morgan fingerprint density at radius 3 is 2.42 bits per heavy atom. The van der Waals surface area contributed by atoms with Gasteiger partial charge in [-0.1, -0.05) is 18.2 Å². The van der Waals surface area contributed by atoms with Crippen molar-refractivity contribution in [3.8, 4) is 5.75 Å². The lowest BCUT2D eigenvalue weighted by Crippen LogP contribution is -2.15. The highest BCUT2D eigenvalue weighted by Gasteiger charge is 2.26. The van der Waals surface area contributed by atoms with Crippen LogP contribution in [-0.2, 0) is 0 Å². The zero-order valence-corrected chi connectivity index (χ0v) is 14.4. The number of hydrogen-bond donors (Lipinski definition) is 0. The molecule has 0 radical (unpaired) electrons. The molecule has 24 heavy (non-hydrogen) atoms. The Balaban J connectivity index is 1.87. The van der Waals surface area contributed by atoms with Crippen molar-refractivity contribution in [1.29, 1.82) is 0 Å². The fourth-order valence-corrected chi connectivity index (χ4v) is 3.52. The molecule has 0 unspecified atom stereocenters. The minimum atomic E-state index is -0.866. The van der Waals surface area contributed by atoms with Crippen molar-refractivity contribution in [3.05, 3.63) is 41.5 Å². The van der Waals surface area contributed by atoms with Gasteiger partial charge in [0.05, 0.1) is 13.3 Å². The van der Waals surface area contributed by atoms with Gasteiger partial charge in [-0.25, -0.2) is 4.39 Å². The van der Waals surface area contributed by atoms with E-state index in [4.69, 9.17) is 4.74 Å². The third-order valence-corrected chi connectivity index (χ3v) is 4.85. The molecule has 1 aliphatic rings. The summed E-state index contributed by atoms with van der Waals surface area (Å²) in [4.78, 5) is 0. The van der Waals surface area contributed by atoms with E-state index in [0.717, 1.165) is 38.5 Å². The Bertz CT molecular complexity index is 534. The molecule has 0 bridgehead atoms. The zero-order valence-electron chi connectivity index (χ0n) is 14.4. The van der Waals surface area contributed by atoms with Gasteiger partial charge in [0.15, 0.2) is 11.6 Å². The van der Waals surface area contributed by atoms with Crippen LogP contribution >= 0.6 is 0 Å². The van der Waals surface area contributed by atoms with Gasteiger partial charge in [0.25, 0.3) is 0 Å². The highest BCUT2D eigenvalue weighted by atomic mass is 19.2. The third kappa shape index (κ3) is 5.02. The van der Waals surface area contributed by atoms with Gasteiger partial charge in [0.1, 0.15) is 0 Å². The number of rotatable bonds is 8. The van der Waals surface area contributed by atoms with E-state index in [9.17, 15) is 13.2 Å². The smallest absolute Gasteiger partial charge is 0.200 e. The molecule has 2 rings (SSSR count). The number of halogens is 3. The van der Waals surface area contributed by atoms with Gasteiger partial charge in [0, 0.05) is 0 Å². The van der Waals surface area contributed by atoms with Crippen molar-refractivity contribution in [2.24, 2.45) is 5.92 Å². The van der Waals surface area contributed by atoms with Crippen molar-refractivity contribution in [2.75, 3.05) is 13.3 Å². The van der Waals surface area contributed by atoms with Gasteiger partial charge >= 0.3 is 0 Å². The zero-order chi connectivity index (χ0) is 17.4. The van der Waals surface area contributed by atoms with E-state index in [0.29, 0.717) is 24.5 Å². The molecule has 0 N–H and O–H groups in total. The predicted molar refractivity (Wildman–Crippen MR) is 91.2 cm³/mol. The molecule has 0 heterocycles. The molecule has 1 aliphatic carbocycles. The molecule has 0 aliphatic heterocycles. The molecule has 0 saturated heterocycles. The number of alkyl halides is 1. The van der Waals surface area contributed by atoms with E-state index >= 15 is 0 Å². The van der Waals surface area contributed by atoms with Crippen LogP contribution in [0.25, 0.3) is 0 Å². The quantitative estimate of drug-likeness (QED) is 0.502. The lowest BCUT2D eigenvalue weighted by atomic mass is 9.77. The van der Waals surface area contributed by atoms with Crippen LogP contribution in [-0.4, -0.2) is 13.3 Å².